The van der Waals surface area contributed by atoms with Gasteiger partial charge in [0.25, 0.3) is 0 Å². The molecule has 0 aliphatic heterocycles. The van der Waals surface area contributed by atoms with Crippen molar-refractivity contribution in [1.82, 2.24) is 15.5 Å². The third kappa shape index (κ3) is 12.8. The smallest absolute Gasteiger partial charge is 0.408 e. The highest BCUT2D eigenvalue weighted by molar-refractivity contribution is 5.94. The minimum Gasteiger partial charge on any atom is -0.508 e. The summed E-state index contributed by atoms with van der Waals surface area (Å²) in [6.07, 6.45) is -1.39. The molecule has 3 atom stereocenters. The van der Waals surface area contributed by atoms with E-state index >= 15 is 0 Å². The molecule has 0 heterocycles. The minimum atomic E-state index is -1.46. The van der Waals surface area contributed by atoms with Crippen molar-refractivity contribution < 1.29 is 43.7 Å². The van der Waals surface area contributed by atoms with Gasteiger partial charge >= 0.3 is 12.1 Å². The van der Waals surface area contributed by atoms with Crippen LogP contribution in [0.2, 0.25) is 0 Å². The molecular weight excluding hydrogens is 596 g/mol. The van der Waals surface area contributed by atoms with Crippen LogP contribution in [0.15, 0.2) is 54.6 Å². The Morgan fingerprint density at radius 3 is 1.96 bits per heavy atom. The highest BCUT2D eigenvalue weighted by Gasteiger charge is 2.38. The minimum absolute atomic E-state index is 0.0686. The molecule has 0 saturated carbocycles. The molecule has 13 heteroatoms. The topological polar surface area (TPSA) is 198 Å². The van der Waals surface area contributed by atoms with E-state index in [0.29, 0.717) is 0 Å². The number of primary amides is 1. The van der Waals surface area contributed by atoms with E-state index in [9.17, 15) is 34.2 Å². The van der Waals surface area contributed by atoms with Gasteiger partial charge < -0.3 is 41.0 Å². The number of aliphatic hydroxyl groups excluding tert-OH is 1. The Bertz CT molecular complexity index is 1340. The zero-order valence-corrected chi connectivity index (χ0v) is 27.2. The summed E-state index contributed by atoms with van der Waals surface area (Å²) in [5, 5.41) is 25.1. The van der Waals surface area contributed by atoms with Crippen LogP contribution in [0.4, 0.5) is 4.79 Å². The molecule has 4 amide bonds. The molecule has 0 aliphatic carbocycles. The third-order valence-corrected chi connectivity index (χ3v) is 6.35. The number of amides is 4. The summed E-state index contributed by atoms with van der Waals surface area (Å²) in [6.45, 7) is 9.01. The molecule has 2 rings (SSSR count). The summed E-state index contributed by atoms with van der Waals surface area (Å²) in [6, 6.07) is 10.4. The van der Waals surface area contributed by atoms with Gasteiger partial charge in [-0.3, -0.25) is 14.4 Å². The highest BCUT2D eigenvalue weighted by Crippen LogP contribution is 2.26. The summed E-state index contributed by atoms with van der Waals surface area (Å²) >= 11 is 0. The van der Waals surface area contributed by atoms with Gasteiger partial charge in [0, 0.05) is 19.4 Å². The number of nitrogens with two attached hydrogens (primary N) is 1. The molecule has 13 nitrogen and oxygen atoms in total. The van der Waals surface area contributed by atoms with Crippen LogP contribution >= 0.6 is 0 Å². The van der Waals surface area contributed by atoms with Crippen LogP contribution in [0, 0.1) is 0 Å². The number of esters is 1. The highest BCUT2D eigenvalue weighted by atomic mass is 16.6. The maximum Gasteiger partial charge on any atom is 0.408 e. The zero-order chi connectivity index (χ0) is 34.7. The zero-order valence-electron chi connectivity index (χ0n) is 27.2. The summed E-state index contributed by atoms with van der Waals surface area (Å²) < 4.78 is 10.9. The van der Waals surface area contributed by atoms with Crippen LogP contribution in [0.3, 0.4) is 0 Å². The molecule has 0 spiro atoms. The van der Waals surface area contributed by atoms with Gasteiger partial charge in [-0.2, -0.15) is 0 Å². The fourth-order valence-corrected chi connectivity index (χ4v) is 4.46. The Morgan fingerprint density at radius 2 is 1.43 bits per heavy atom. The van der Waals surface area contributed by atoms with Crippen molar-refractivity contribution in [1.29, 1.82) is 0 Å². The van der Waals surface area contributed by atoms with Crippen LogP contribution < -0.4 is 16.4 Å². The molecule has 0 aliphatic rings. The molecular formula is C33H46N4O9. The van der Waals surface area contributed by atoms with E-state index < -0.39 is 65.7 Å². The first-order valence-electron chi connectivity index (χ1n) is 15.0. The van der Waals surface area contributed by atoms with E-state index in [1.165, 1.54) is 24.3 Å². The number of carbonyl (C=O) groups excluding carboxylic acids is 5. The first kappa shape index (κ1) is 37.5. The van der Waals surface area contributed by atoms with E-state index in [2.05, 4.69) is 10.6 Å². The number of carbonyl (C=O) groups is 5. The number of nitrogens with one attached hydrogen (secondary N) is 2. The van der Waals surface area contributed by atoms with Crippen LogP contribution in [0.25, 0.3) is 0 Å². The van der Waals surface area contributed by atoms with Crippen LogP contribution in [-0.4, -0.2) is 81.3 Å². The van der Waals surface area contributed by atoms with Gasteiger partial charge in [-0.15, -0.1) is 0 Å². The van der Waals surface area contributed by atoms with Crippen molar-refractivity contribution in [2.75, 3.05) is 13.2 Å². The normalized spacial score (nSPS) is 13.5. The molecule has 252 valence electrons. The Labute approximate surface area is 269 Å². The number of aliphatic hydroxyl groups is 1. The fraction of sp³-hybridized carbons (Fsp3) is 0.485. The van der Waals surface area contributed by atoms with Crippen molar-refractivity contribution >= 4 is 29.8 Å². The number of hydrogen-bond donors (Lipinski definition) is 5. The summed E-state index contributed by atoms with van der Waals surface area (Å²) in [5.41, 5.74) is 4.52. The van der Waals surface area contributed by atoms with Crippen molar-refractivity contribution in [3.8, 4) is 5.75 Å². The molecule has 46 heavy (non-hydrogen) atoms. The lowest BCUT2D eigenvalue weighted by Gasteiger charge is -2.35. The second kappa shape index (κ2) is 16.6. The quantitative estimate of drug-likeness (QED) is 0.192. The van der Waals surface area contributed by atoms with Gasteiger partial charge in [0.1, 0.15) is 35.1 Å². The summed E-state index contributed by atoms with van der Waals surface area (Å²) in [4.78, 5) is 67.0. The van der Waals surface area contributed by atoms with Gasteiger partial charge in [-0.1, -0.05) is 42.5 Å². The fourth-order valence-electron chi connectivity index (χ4n) is 4.46. The molecule has 0 bridgehead atoms. The molecule has 0 aromatic heterocycles. The SMILES string of the molecule is CC(C)(C)OC(=O)NC(CCC(N)=O)C(=O)N(CCO)C(C(=O)NC(Cc1ccccc1)C(=O)OC(C)(C)C)c1ccc(O)cc1. The van der Waals surface area contributed by atoms with Crippen LogP contribution in [0.5, 0.6) is 5.75 Å². The van der Waals surface area contributed by atoms with Crippen molar-refractivity contribution in [3.63, 3.8) is 0 Å². The summed E-state index contributed by atoms with van der Waals surface area (Å²) in [7, 11) is 0. The lowest BCUT2D eigenvalue weighted by atomic mass is 10.00. The number of nitrogens with zero attached hydrogens (tertiary/aromatic N) is 1. The summed E-state index contributed by atoms with van der Waals surface area (Å²) in [5.74, 6) is -3.17. The molecule has 0 fully saturated rings. The number of aromatic hydroxyl groups is 1. The molecule has 2 aromatic rings. The predicted molar refractivity (Wildman–Crippen MR) is 169 cm³/mol. The second-order valence-corrected chi connectivity index (χ2v) is 12.7. The number of phenolic OH excluding ortho intramolecular Hbond substituents is 1. The van der Waals surface area contributed by atoms with Crippen molar-refractivity contribution in [3.05, 3.63) is 65.7 Å². The van der Waals surface area contributed by atoms with E-state index in [0.717, 1.165) is 10.5 Å². The Kier molecular flexibility index (Phi) is 13.5. The van der Waals surface area contributed by atoms with E-state index in [-0.39, 0.29) is 37.1 Å². The largest absolute Gasteiger partial charge is 0.508 e. The monoisotopic (exact) mass is 642 g/mol. The van der Waals surface area contributed by atoms with Crippen LogP contribution in [-0.2, 0) is 35.1 Å². The molecule has 6 N–H and O–H groups in total. The Morgan fingerprint density at radius 1 is 0.848 bits per heavy atom. The van der Waals surface area contributed by atoms with Crippen molar-refractivity contribution in [2.24, 2.45) is 5.73 Å². The number of alkyl carbamates (subject to hydrolysis) is 1. The number of phenols is 1. The Hall–Kier alpha value is -4.65. The maximum atomic E-state index is 14.2. The van der Waals surface area contributed by atoms with E-state index in [4.69, 9.17) is 15.2 Å². The predicted octanol–water partition coefficient (Wildman–Crippen LogP) is 2.48. The van der Waals surface area contributed by atoms with Crippen molar-refractivity contribution in [2.45, 2.75) is 90.1 Å². The first-order chi connectivity index (χ1) is 21.4. The van der Waals surface area contributed by atoms with Gasteiger partial charge in [0.2, 0.25) is 17.7 Å². The Balaban J connectivity index is 2.57. The first-order valence-corrected chi connectivity index (χ1v) is 15.0. The molecule has 0 radical (unpaired) electrons. The van der Waals surface area contributed by atoms with Gasteiger partial charge in [-0.05, 0) is 71.2 Å². The third-order valence-electron chi connectivity index (χ3n) is 6.35. The number of rotatable bonds is 14. The number of hydrogen-bond acceptors (Lipinski definition) is 9. The number of benzene rings is 2. The van der Waals surface area contributed by atoms with E-state index in [1.54, 1.807) is 65.8 Å². The van der Waals surface area contributed by atoms with Crippen LogP contribution in [0.1, 0.15) is 71.6 Å². The van der Waals surface area contributed by atoms with E-state index in [1.807, 2.05) is 6.07 Å². The standard InChI is InChI=1S/C33H46N4O9/c1-32(2,3)45-30(43)25(20-21-10-8-7-9-11-21)35-28(41)27(22-12-14-23(39)15-13-22)37(18-19-38)29(42)24(16-17-26(34)40)36-31(44)46-33(4,5)6/h7-15,24-25,27,38-39H,16-20H2,1-6H3,(H2,34,40)(H,35,41)(H,36,44). The second-order valence-electron chi connectivity index (χ2n) is 12.7. The van der Waals surface area contributed by atoms with Gasteiger partial charge in [0.15, 0.2) is 0 Å². The lowest BCUT2D eigenvalue weighted by Crippen LogP contribution is -2.55. The average molecular weight is 643 g/mol. The molecule has 2 aromatic carbocycles. The molecule has 3 unspecified atom stereocenters. The number of ether oxygens (including phenoxy) is 2. The maximum absolute atomic E-state index is 14.2. The molecule has 0 saturated heterocycles. The van der Waals surface area contributed by atoms with Gasteiger partial charge in [0.05, 0.1) is 6.61 Å². The average Bonchev–Trinajstić information content (AvgIpc) is 2.94. The van der Waals surface area contributed by atoms with Gasteiger partial charge in [-0.25, -0.2) is 9.59 Å². The lowest BCUT2D eigenvalue weighted by molar-refractivity contribution is -0.159.